The highest BCUT2D eigenvalue weighted by molar-refractivity contribution is 6.42. The van der Waals surface area contributed by atoms with Gasteiger partial charge in [-0.25, -0.2) is 0 Å². The molecule has 0 unspecified atom stereocenters. The second-order valence-electron chi connectivity index (χ2n) is 7.54. The van der Waals surface area contributed by atoms with Gasteiger partial charge in [0.05, 0.1) is 23.1 Å². The number of hydrogen-bond donors (Lipinski definition) is 1. The third-order valence-corrected chi connectivity index (χ3v) is 6.14. The number of para-hydroxylation sites is 1. The number of halogens is 2. The molecule has 8 heteroatoms. The molecular formula is C23H28Cl2N2O4. The van der Waals surface area contributed by atoms with E-state index >= 15 is 0 Å². The molecule has 2 aromatic rings. The lowest BCUT2D eigenvalue weighted by Crippen LogP contribution is -2.51. The first-order valence-electron chi connectivity index (χ1n) is 10.3. The summed E-state index contributed by atoms with van der Waals surface area (Å²) in [4.78, 5) is 14.4. The van der Waals surface area contributed by atoms with Crippen LogP contribution in [0.15, 0.2) is 48.5 Å². The number of carbonyl (C=O) groups is 1. The van der Waals surface area contributed by atoms with E-state index < -0.39 is 0 Å². The van der Waals surface area contributed by atoms with Crippen molar-refractivity contribution in [3.63, 3.8) is 0 Å². The maximum Gasteiger partial charge on any atom is 0.234 e. The SMILES string of the molecule is COC1(COc2ccc(Cl)c(Cl)c2)CCN(CC(=O)NCCOc2ccccc2)CC1. The van der Waals surface area contributed by atoms with E-state index in [1.807, 2.05) is 30.3 Å². The number of benzene rings is 2. The van der Waals surface area contributed by atoms with Crippen molar-refractivity contribution in [1.29, 1.82) is 0 Å². The number of rotatable bonds is 10. The average molecular weight is 467 g/mol. The number of likely N-dealkylation sites (tertiary alicyclic amines) is 1. The Bertz CT molecular complexity index is 843. The van der Waals surface area contributed by atoms with E-state index in [4.69, 9.17) is 37.4 Å². The fraction of sp³-hybridized carbons (Fsp3) is 0.435. The van der Waals surface area contributed by atoms with Gasteiger partial charge in [0.25, 0.3) is 0 Å². The summed E-state index contributed by atoms with van der Waals surface area (Å²) in [6, 6.07) is 14.8. The summed E-state index contributed by atoms with van der Waals surface area (Å²) in [7, 11) is 1.70. The van der Waals surface area contributed by atoms with Crippen LogP contribution in [0.3, 0.4) is 0 Å². The highest BCUT2D eigenvalue weighted by Crippen LogP contribution is 2.30. The Balaban J connectivity index is 1.37. The summed E-state index contributed by atoms with van der Waals surface area (Å²) in [6.45, 7) is 3.20. The number of carbonyl (C=O) groups excluding carboxylic acids is 1. The van der Waals surface area contributed by atoms with E-state index in [0.29, 0.717) is 42.1 Å². The van der Waals surface area contributed by atoms with E-state index in [-0.39, 0.29) is 11.5 Å². The van der Waals surface area contributed by atoms with Crippen molar-refractivity contribution in [3.05, 3.63) is 58.6 Å². The summed E-state index contributed by atoms with van der Waals surface area (Å²) in [5.74, 6) is 1.45. The average Bonchev–Trinajstić information content (AvgIpc) is 2.79. The number of methoxy groups -OCH3 is 1. The van der Waals surface area contributed by atoms with Crippen LogP contribution in [0.4, 0.5) is 0 Å². The van der Waals surface area contributed by atoms with Gasteiger partial charge in [0, 0.05) is 26.3 Å². The van der Waals surface area contributed by atoms with Crippen molar-refractivity contribution in [2.75, 3.05) is 46.5 Å². The third kappa shape index (κ3) is 7.28. The zero-order valence-corrected chi connectivity index (χ0v) is 19.1. The molecule has 0 aromatic heterocycles. The fourth-order valence-corrected chi connectivity index (χ4v) is 3.73. The lowest BCUT2D eigenvalue weighted by molar-refractivity contribution is -0.125. The van der Waals surface area contributed by atoms with E-state index in [9.17, 15) is 4.79 Å². The van der Waals surface area contributed by atoms with Crippen molar-refractivity contribution in [1.82, 2.24) is 10.2 Å². The van der Waals surface area contributed by atoms with Gasteiger partial charge in [-0.3, -0.25) is 9.69 Å². The number of amides is 1. The molecule has 1 aliphatic rings. The Morgan fingerprint density at radius 2 is 1.77 bits per heavy atom. The van der Waals surface area contributed by atoms with E-state index in [1.54, 1.807) is 25.3 Å². The Morgan fingerprint density at radius 3 is 2.45 bits per heavy atom. The minimum Gasteiger partial charge on any atom is -0.492 e. The monoisotopic (exact) mass is 466 g/mol. The molecule has 1 aliphatic heterocycles. The van der Waals surface area contributed by atoms with E-state index in [2.05, 4.69) is 10.2 Å². The zero-order valence-electron chi connectivity index (χ0n) is 17.6. The van der Waals surface area contributed by atoms with Gasteiger partial charge >= 0.3 is 0 Å². The number of ether oxygens (including phenoxy) is 3. The minimum atomic E-state index is -0.386. The number of nitrogens with one attached hydrogen (secondary N) is 1. The smallest absolute Gasteiger partial charge is 0.234 e. The molecule has 31 heavy (non-hydrogen) atoms. The van der Waals surface area contributed by atoms with Gasteiger partial charge in [0.15, 0.2) is 0 Å². The maximum atomic E-state index is 12.2. The van der Waals surface area contributed by atoms with Crippen molar-refractivity contribution in [2.24, 2.45) is 0 Å². The van der Waals surface area contributed by atoms with Crippen LogP contribution in [-0.2, 0) is 9.53 Å². The van der Waals surface area contributed by atoms with Crippen LogP contribution in [0.1, 0.15) is 12.8 Å². The van der Waals surface area contributed by atoms with E-state index in [0.717, 1.165) is 31.7 Å². The molecule has 0 radical (unpaired) electrons. The molecule has 0 atom stereocenters. The van der Waals surface area contributed by atoms with Crippen molar-refractivity contribution >= 4 is 29.1 Å². The zero-order chi connectivity index (χ0) is 22.1. The van der Waals surface area contributed by atoms with Crippen LogP contribution in [0.5, 0.6) is 11.5 Å². The summed E-state index contributed by atoms with van der Waals surface area (Å²) in [6.07, 6.45) is 1.55. The summed E-state index contributed by atoms with van der Waals surface area (Å²) < 4.78 is 17.3. The molecule has 1 amide bonds. The lowest BCUT2D eigenvalue weighted by Gasteiger charge is -2.40. The molecular weight excluding hydrogens is 439 g/mol. The van der Waals surface area contributed by atoms with Crippen LogP contribution < -0.4 is 14.8 Å². The largest absolute Gasteiger partial charge is 0.492 e. The number of piperidine rings is 1. The normalized spacial score (nSPS) is 16.0. The highest BCUT2D eigenvalue weighted by Gasteiger charge is 2.36. The van der Waals surface area contributed by atoms with Gasteiger partial charge in [-0.2, -0.15) is 0 Å². The van der Waals surface area contributed by atoms with Crippen LogP contribution in [0.2, 0.25) is 10.0 Å². The number of nitrogens with zero attached hydrogens (tertiary/aromatic N) is 1. The lowest BCUT2D eigenvalue weighted by atomic mass is 9.92. The van der Waals surface area contributed by atoms with Crippen molar-refractivity contribution in [2.45, 2.75) is 18.4 Å². The van der Waals surface area contributed by atoms with Gasteiger partial charge < -0.3 is 19.5 Å². The Kier molecular flexibility index (Phi) is 8.84. The Hall–Kier alpha value is -1.99. The molecule has 3 rings (SSSR count). The van der Waals surface area contributed by atoms with Crippen molar-refractivity contribution in [3.8, 4) is 11.5 Å². The van der Waals surface area contributed by atoms with Gasteiger partial charge in [0.1, 0.15) is 30.3 Å². The first kappa shape index (κ1) is 23.7. The third-order valence-electron chi connectivity index (χ3n) is 5.40. The Morgan fingerprint density at radius 1 is 1.03 bits per heavy atom. The maximum absolute atomic E-state index is 12.2. The second kappa shape index (κ2) is 11.6. The molecule has 1 saturated heterocycles. The molecule has 168 valence electrons. The molecule has 0 bridgehead atoms. The molecule has 1 fully saturated rings. The minimum absolute atomic E-state index is 0.00589. The van der Waals surface area contributed by atoms with Gasteiger partial charge in [0.2, 0.25) is 5.91 Å². The van der Waals surface area contributed by atoms with Crippen LogP contribution in [-0.4, -0.2) is 62.9 Å². The van der Waals surface area contributed by atoms with Crippen molar-refractivity contribution < 1.29 is 19.0 Å². The first-order valence-corrected chi connectivity index (χ1v) is 11.1. The quantitative estimate of drug-likeness (QED) is 0.535. The van der Waals surface area contributed by atoms with Gasteiger partial charge in [-0.1, -0.05) is 41.4 Å². The summed E-state index contributed by atoms with van der Waals surface area (Å²) in [5, 5.41) is 3.86. The number of hydrogen-bond acceptors (Lipinski definition) is 5. The summed E-state index contributed by atoms with van der Waals surface area (Å²) >= 11 is 12.0. The summed E-state index contributed by atoms with van der Waals surface area (Å²) in [5.41, 5.74) is -0.386. The van der Waals surface area contributed by atoms with Gasteiger partial charge in [-0.05, 0) is 37.1 Å². The molecule has 1 heterocycles. The molecule has 1 N–H and O–H groups in total. The molecule has 0 aliphatic carbocycles. The van der Waals surface area contributed by atoms with E-state index in [1.165, 1.54) is 0 Å². The fourth-order valence-electron chi connectivity index (χ4n) is 3.44. The van der Waals surface area contributed by atoms with Crippen LogP contribution in [0.25, 0.3) is 0 Å². The molecule has 6 nitrogen and oxygen atoms in total. The van der Waals surface area contributed by atoms with Crippen LogP contribution in [0, 0.1) is 0 Å². The van der Waals surface area contributed by atoms with Crippen LogP contribution >= 0.6 is 23.2 Å². The topological polar surface area (TPSA) is 60.0 Å². The molecule has 2 aromatic carbocycles. The first-order chi connectivity index (χ1) is 15.0. The van der Waals surface area contributed by atoms with Gasteiger partial charge in [-0.15, -0.1) is 0 Å². The molecule has 0 saturated carbocycles. The predicted octanol–water partition coefficient (Wildman–Crippen LogP) is 4.05. The highest BCUT2D eigenvalue weighted by atomic mass is 35.5. The molecule has 0 spiro atoms. The second-order valence-corrected chi connectivity index (χ2v) is 8.35. The standard InChI is InChI=1S/C23H28Cl2N2O4/c1-29-23(17-31-19-7-8-20(24)21(25)15-19)9-12-27(13-10-23)16-22(28)26-11-14-30-18-5-3-2-4-6-18/h2-8,15H,9-14,16-17H2,1H3,(H,26,28). The Labute approximate surface area is 193 Å². The predicted molar refractivity (Wildman–Crippen MR) is 122 cm³/mol.